The van der Waals surface area contributed by atoms with Gasteiger partial charge in [-0.25, -0.2) is 0 Å². The summed E-state index contributed by atoms with van der Waals surface area (Å²) in [6, 6.07) is 14.9. The van der Waals surface area contributed by atoms with E-state index in [-0.39, 0.29) is 0 Å². The Labute approximate surface area is 101 Å². The summed E-state index contributed by atoms with van der Waals surface area (Å²) in [5.74, 6) is 0. The van der Waals surface area contributed by atoms with Crippen LogP contribution in [0.15, 0.2) is 36.4 Å². The molecule has 0 aliphatic heterocycles. The number of hydrogen-bond donors (Lipinski definition) is 1. The Morgan fingerprint density at radius 3 is 2.47 bits per heavy atom. The zero-order valence-electron chi connectivity index (χ0n) is 9.61. The van der Waals surface area contributed by atoms with Crippen molar-refractivity contribution in [1.29, 1.82) is 5.26 Å². The van der Waals surface area contributed by atoms with Crippen LogP contribution < -0.4 is 5.32 Å². The minimum absolute atomic E-state index is 0.617. The lowest BCUT2D eigenvalue weighted by Crippen LogP contribution is -2.27. The molecule has 84 valence electrons. The van der Waals surface area contributed by atoms with E-state index in [1.165, 1.54) is 19.3 Å². The quantitative estimate of drug-likeness (QED) is 0.841. The highest BCUT2D eigenvalue weighted by molar-refractivity contribution is 5.97. The monoisotopic (exact) mass is 222 g/mol. The fourth-order valence-electron chi connectivity index (χ4n) is 2.29. The molecule has 17 heavy (non-hydrogen) atoms. The van der Waals surface area contributed by atoms with Crippen LogP contribution in [-0.2, 0) is 0 Å². The zero-order chi connectivity index (χ0) is 11.7. The summed E-state index contributed by atoms with van der Waals surface area (Å²) in [5.41, 5.74) is 1.91. The van der Waals surface area contributed by atoms with Crippen LogP contribution in [0.25, 0.3) is 10.8 Å². The highest BCUT2D eigenvalue weighted by Crippen LogP contribution is 2.30. The van der Waals surface area contributed by atoms with Crippen LogP contribution in [0.1, 0.15) is 24.8 Å². The van der Waals surface area contributed by atoms with E-state index >= 15 is 0 Å². The molecule has 0 atom stereocenters. The number of fused-ring (bicyclic) bond motifs is 1. The van der Waals surface area contributed by atoms with Crippen LogP contribution in [0.2, 0.25) is 0 Å². The van der Waals surface area contributed by atoms with Gasteiger partial charge < -0.3 is 5.32 Å². The maximum absolute atomic E-state index is 9.10. The van der Waals surface area contributed by atoms with Crippen molar-refractivity contribution in [1.82, 2.24) is 0 Å². The number of nitriles is 1. The summed E-state index contributed by atoms with van der Waals surface area (Å²) in [6.07, 6.45) is 3.84. The van der Waals surface area contributed by atoms with Crippen LogP contribution >= 0.6 is 0 Å². The summed E-state index contributed by atoms with van der Waals surface area (Å²) in [6.45, 7) is 0. The first kappa shape index (κ1) is 10.2. The van der Waals surface area contributed by atoms with Crippen LogP contribution in [0, 0.1) is 11.3 Å². The average molecular weight is 222 g/mol. The van der Waals surface area contributed by atoms with E-state index in [1.54, 1.807) is 0 Å². The van der Waals surface area contributed by atoms with Gasteiger partial charge in [-0.05, 0) is 31.4 Å². The number of benzene rings is 2. The first-order valence-corrected chi connectivity index (χ1v) is 6.07. The highest BCUT2D eigenvalue weighted by atomic mass is 14.9. The molecule has 1 aliphatic carbocycles. The molecule has 3 rings (SSSR count). The van der Waals surface area contributed by atoms with Gasteiger partial charge in [-0.3, -0.25) is 0 Å². The Morgan fingerprint density at radius 1 is 1.06 bits per heavy atom. The van der Waals surface area contributed by atoms with Crippen molar-refractivity contribution < 1.29 is 0 Å². The lowest BCUT2D eigenvalue weighted by Gasteiger charge is -2.28. The van der Waals surface area contributed by atoms with Crippen molar-refractivity contribution in [3.05, 3.63) is 42.0 Å². The number of hydrogen-bond acceptors (Lipinski definition) is 2. The minimum atomic E-state index is 0.617. The van der Waals surface area contributed by atoms with E-state index in [0.29, 0.717) is 6.04 Å². The topological polar surface area (TPSA) is 35.8 Å². The molecule has 2 nitrogen and oxygen atoms in total. The molecular weight excluding hydrogens is 208 g/mol. The van der Waals surface area contributed by atoms with Crippen LogP contribution in [0.4, 0.5) is 5.69 Å². The smallest absolute Gasteiger partial charge is 0.0998 e. The minimum Gasteiger partial charge on any atom is -0.382 e. The molecule has 2 heteroatoms. The molecule has 0 aromatic heterocycles. The van der Waals surface area contributed by atoms with E-state index in [9.17, 15) is 0 Å². The van der Waals surface area contributed by atoms with E-state index in [4.69, 9.17) is 5.26 Å². The van der Waals surface area contributed by atoms with Gasteiger partial charge in [-0.1, -0.05) is 24.3 Å². The second kappa shape index (κ2) is 4.10. The van der Waals surface area contributed by atoms with Crippen molar-refractivity contribution in [2.24, 2.45) is 0 Å². The molecule has 1 N–H and O–H groups in total. The zero-order valence-corrected chi connectivity index (χ0v) is 9.61. The Hall–Kier alpha value is -2.01. The van der Waals surface area contributed by atoms with Gasteiger partial charge in [0.1, 0.15) is 0 Å². The standard InChI is InChI=1S/C15H14N2/c16-10-11-8-9-15(17-12-4-3-5-12)14-7-2-1-6-13(11)14/h1-2,6-9,12,17H,3-5H2. The predicted octanol–water partition coefficient (Wildman–Crippen LogP) is 3.68. The van der Waals surface area contributed by atoms with Crippen LogP contribution in [-0.4, -0.2) is 6.04 Å². The van der Waals surface area contributed by atoms with Gasteiger partial charge in [0.05, 0.1) is 11.6 Å². The predicted molar refractivity (Wildman–Crippen MR) is 69.9 cm³/mol. The molecule has 0 heterocycles. The maximum atomic E-state index is 9.10. The summed E-state index contributed by atoms with van der Waals surface area (Å²) in [5, 5.41) is 14.9. The molecule has 2 aromatic carbocycles. The van der Waals surface area contributed by atoms with E-state index in [2.05, 4.69) is 17.5 Å². The fraction of sp³-hybridized carbons (Fsp3) is 0.267. The number of nitrogens with one attached hydrogen (secondary N) is 1. The molecule has 0 saturated heterocycles. The average Bonchev–Trinajstić information content (AvgIpc) is 2.33. The summed E-state index contributed by atoms with van der Waals surface area (Å²) < 4.78 is 0. The molecule has 0 bridgehead atoms. The van der Waals surface area contributed by atoms with Gasteiger partial charge in [0.15, 0.2) is 0 Å². The summed E-state index contributed by atoms with van der Waals surface area (Å²) in [7, 11) is 0. The lowest BCUT2D eigenvalue weighted by atomic mass is 9.92. The third-order valence-corrected chi connectivity index (χ3v) is 3.51. The lowest BCUT2D eigenvalue weighted by molar-refractivity contribution is 0.446. The largest absolute Gasteiger partial charge is 0.382 e. The van der Waals surface area contributed by atoms with Gasteiger partial charge >= 0.3 is 0 Å². The molecule has 0 radical (unpaired) electrons. The van der Waals surface area contributed by atoms with E-state index < -0.39 is 0 Å². The maximum Gasteiger partial charge on any atom is 0.0998 e. The summed E-state index contributed by atoms with van der Waals surface area (Å²) in [4.78, 5) is 0. The van der Waals surface area contributed by atoms with E-state index in [1.807, 2.05) is 30.3 Å². The summed E-state index contributed by atoms with van der Waals surface area (Å²) >= 11 is 0. The van der Waals surface area contributed by atoms with Gasteiger partial charge in [0.25, 0.3) is 0 Å². The first-order valence-electron chi connectivity index (χ1n) is 6.07. The van der Waals surface area contributed by atoms with Crippen molar-refractivity contribution in [2.45, 2.75) is 25.3 Å². The molecule has 1 saturated carbocycles. The number of rotatable bonds is 2. The van der Waals surface area contributed by atoms with Crippen molar-refractivity contribution >= 4 is 16.5 Å². The Morgan fingerprint density at radius 2 is 1.82 bits per heavy atom. The Kier molecular flexibility index (Phi) is 2.45. The van der Waals surface area contributed by atoms with Gasteiger partial charge in [-0.15, -0.1) is 0 Å². The van der Waals surface area contributed by atoms with Gasteiger partial charge in [-0.2, -0.15) is 5.26 Å². The van der Waals surface area contributed by atoms with Crippen molar-refractivity contribution in [3.63, 3.8) is 0 Å². The highest BCUT2D eigenvalue weighted by Gasteiger charge is 2.17. The van der Waals surface area contributed by atoms with E-state index in [0.717, 1.165) is 22.0 Å². The normalized spacial score (nSPS) is 15.2. The molecule has 1 fully saturated rings. The Bertz CT molecular complexity index is 591. The van der Waals surface area contributed by atoms with Crippen LogP contribution in [0.5, 0.6) is 0 Å². The third kappa shape index (κ3) is 1.74. The number of nitrogens with zero attached hydrogens (tertiary/aromatic N) is 1. The molecule has 0 unspecified atom stereocenters. The number of anilines is 1. The molecule has 0 amide bonds. The molecule has 1 aliphatic rings. The van der Waals surface area contributed by atoms with Crippen molar-refractivity contribution in [2.75, 3.05) is 5.32 Å². The first-order chi connectivity index (χ1) is 8.38. The van der Waals surface area contributed by atoms with Gasteiger partial charge in [0, 0.05) is 22.5 Å². The molecular formula is C15H14N2. The molecule has 2 aromatic rings. The van der Waals surface area contributed by atoms with Gasteiger partial charge in [0.2, 0.25) is 0 Å². The second-order valence-electron chi connectivity index (χ2n) is 4.59. The third-order valence-electron chi connectivity index (χ3n) is 3.51. The fourth-order valence-corrected chi connectivity index (χ4v) is 2.29. The van der Waals surface area contributed by atoms with Crippen molar-refractivity contribution in [3.8, 4) is 6.07 Å². The SMILES string of the molecule is N#Cc1ccc(NC2CCC2)c2ccccc12. The van der Waals surface area contributed by atoms with Crippen LogP contribution in [0.3, 0.4) is 0 Å². The molecule has 0 spiro atoms. The Balaban J connectivity index is 2.09. The second-order valence-corrected chi connectivity index (χ2v) is 4.59.